The van der Waals surface area contributed by atoms with E-state index < -0.39 is 0 Å². The standard InChI is InChI=1S/C12H9N3O2S2/c16-11-10(19-12(18)14-11)6-8-2-3-9(17-8)7-15-5-1-4-13-15/h1-6H,7H2,(H,14,16,18)/b10-6-. The second-order valence-electron chi connectivity index (χ2n) is 3.86. The van der Waals surface area contributed by atoms with E-state index in [0.717, 1.165) is 5.76 Å². The number of carbonyl (C=O) groups excluding carboxylic acids is 1. The number of furan rings is 1. The van der Waals surface area contributed by atoms with Crippen molar-refractivity contribution in [2.45, 2.75) is 6.54 Å². The van der Waals surface area contributed by atoms with Gasteiger partial charge in [0.05, 0.1) is 11.4 Å². The third-order valence-corrected chi connectivity index (χ3v) is 3.64. The molecule has 0 aromatic carbocycles. The van der Waals surface area contributed by atoms with Crippen molar-refractivity contribution in [3.05, 3.63) is 47.0 Å². The van der Waals surface area contributed by atoms with Gasteiger partial charge in [0.25, 0.3) is 5.91 Å². The van der Waals surface area contributed by atoms with Crippen molar-refractivity contribution in [3.8, 4) is 0 Å². The van der Waals surface area contributed by atoms with Gasteiger partial charge in [-0.1, -0.05) is 24.0 Å². The smallest absolute Gasteiger partial charge is 0.263 e. The van der Waals surface area contributed by atoms with Crippen molar-refractivity contribution < 1.29 is 9.21 Å². The van der Waals surface area contributed by atoms with Gasteiger partial charge in [-0.3, -0.25) is 9.48 Å². The van der Waals surface area contributed by atoms with E-state index in [1.807, 2.05) is 24.4 Å². The highest BCUT2D eigenvalue weighted by Gasteiger charge is 2.22. The van der Waals surface area contributed by atoms with Crippen molar-refractivity contribution in [3.63, 3.8) is 0 Å². The molecule has 3 heterocycles. The highest BCUT2D eigenvalue weighted by molar-refractivity contribution is 8.26. The van der Waals surface area contributed by atoms with Crippen molar-refractivity contribution >= 4 is 40.3 Å². The van der Waals surface area contributed by atoms with Crippen LogP contribution < -0.4 is 5.32 Å². The van der Waals surface area contributed by atoms with E-state index in [1.54, 1.807) is 17.0 Å². The normalized spacial score (nSPS) is 17.2. The Morgan fingerprint density at radius 1 is 1.53 bits per heavy atom. The number of nitrogens with zero attached hydrogens (tertiary/aromatic N) is 2. The Labute approximate surface area is 118 Å². The van der Waals surface area contributed by atoms with Crippen molar-refractivity contribution in [1.82, 2.24) is 15.1 Å². The molecule has 1 fully saturated rings. The molecule has 1 amide bonds. The lowest BCUT2D eigenvalue weighted by atomic mass is 10.3. The molecule has 0 saturated carbocycles. The van der Waals surface area contributed by atoms with E-state index in [9.17, 15) is 4.79 Å². The predicted molar refractivity (Wildman–Crippen MR) is 76.3 cm³/mol. The Hall–Kier alpha value is -1.86. The van der Waals surface area contributed by atoms with E-state index in [4.69, 9.17) is 16.6 Å². The zero-order valence-corrected chi connectivity index (χ0v) is 11.3. The average Bonchev–Trinajstić information content (AvgIpc) is 3.05. The topological polar surface area (TPSA) is 60.1 Å². The maximum atomic E-state index is 11.5. The first-order valence-electron chi connectivity index (χ1n) is 5.52. The molecule has 0 aliphatic carbocycles. The first-order valence-corrected chi connectivity index (χ1v) is 6.74. The Morgan fingerprint density at radius 2 is 2.42 bits per heavy atom. The van der Waals surface area contributed by atoms with Crippen LogP contribution in [0.3, 0.4) is 0 Å². The van der Waals surface area contributed by atoms with Crippen molar-refractivity contribution in [1.29, 1.82) is 0 Å². The van der Waals surface area contributed by atoms with Crippen LogP contribution in [0.5, 0.6) is 0 Å². The minimum absolute atomic E-state index is 0.181. The van der Waals surface area contributed by atoms with E-state index in [-0.39, 0.29) is 5.91 Å². The number of aromatic nitrogens is 2. The molecule has 0 bridgehead atoms. The molecular weight excluding hydrogens is 282 g/mol. The van der Waals surface area contributed by atoms with Crippen LogP contribution in [-0.2, 0) is 11.3 Å². The van der Waals surface area contributed by atoms with Gasteiger partial charge in [-0.05, 0) is 18.2 Å². The number of rotatable bonds is 3. The molecule has 1 saturated heterocycles. The van der Waals surface area contributed by atoms with Crippen LogP contribution in [0.4, 0.5) is 0 Å². The minimum atomic E-state index is -0.181. The van der Waals surface area contributed by atoms with Gasteiger partial charge in [0, 0.05) is 18.5 Å². The highest BCUT2D eigenvalue weighted by Crippen LogP contribution is 2.26. The number of amides is 1. The number of nitrogens with one attached hydrogen (secondary N) is 1. The van der Waals surface area contributed by atoms with E-state index in [2.05, 4.69) is 10.4 Å². The molecule has 0 unspecified atom stereocenters. The van der Waals surface area contributed by atoms with Crippen molar-refractivity contribution in [2.75, 3.05) is 0 Å². The average molecular weight is 291 g/mol. The first kappa shape index (κ1) is 12.2. The Morgan fingerprint density at radius 3 is 3.11 bits per heavy atom. The summed E-state index contributed by atoms with van der Waals surface area (Å²) in [4.78, 5) is 12.1. The largest absolute Gasteiger partial charge is 0.460 e. The molecule has 2 aromatic rings. The molecule has 5 nitrogen and oxygen atoms in total. The minimum Gasteiger partial charge on any atom is -0.460 e. The SMILES string of the molecule is O=C1NC(=S)S/C1=C\c1ccc(Cn2cccn2)o1. The summed E-state index contributed by atoms with van der Waals surface area (Å²) in [7, 11) is 0. The fourth-order valence-corrected chi connectivity index (χ4v) is 2.69. The summed E-state index contributed by atoms with van der Waals surface area (Å²) in [6, 6.07) is 5.54. The molecular formula is C12H9N3O2S2. The zero-order valence-electron chi connectivity index (χ0n) is 9.70. The summed E-state index contributed by atoms with van der Waals surface area (Å²) in [6.07, 6.45) is 5.26. The molecule has 1 aliphatic rings. The predicted octanol–water partition coefficient (Wildman–Crippen LogP) is 2.01. The van der Waals surface area contributed by atoms with Crippen molar-refractivity contribution in [2.24, 2.45) is 0 Å². The quantitative estimate of drug-likeness (QED) is 0.692. The number of hydrogen-bond acceptors (Lipinski definition) is 5. The van der Waals surface area contributed by atoms with Gasteiger partial charge in [0.1, 0.15) is 15.8 Å². The molecule has 1 aliphatic heterocycles. The van der Waals surface area contributed by atoms with Crippen LogP contribution in [0.1, 0.15) is 11.5 Å². The van der Waals surface area contributed by atoms with Gasteiger partial charge >= 0.3 is 0 Å². The summed E-state index contributed by atoms with van der Waals surface area (Å²) in [6.45, 7) is 0.563. The molecule has 0 radical (unpaired) electrons. The van der Waals surface area contributed by atoms with Crippen LogP contribution in [0.15, 0.2) is 39.9 Å². The van der Waals surface area contributed by atoms with Crippen LogP contribution in [0.2, 0.25) is 0 Å². The van der Waals surface area contributed by atoms with E-state index in [1.165, 1.54) is 11.8 Å². The summed E-state index contributed by atoms with van der Waals surface area (Å²) < 4.78 is 7.87. The fourth-order valence-electron chi connectivity index (χ4n) is 1.66. The number of thioether (sulfide) groups is 1. The lowest BCUT2D eigenvalue weighted by molar-refractivity contribution is -0.115. The number of hydrogen-bond donors (Lipinski definition) is 1. The van der Waals surface area contributed by atoms with Crippen LogP contribution in [-0.4, -0.2) is 20.0 Å². The van der Waals surface area contributed by atoms with Crippen LogP contribution >= 0.6 is 24.0 Å². The third kappa shape index (κ3) is 2.77. The Balaban J connectivity index is 1.76. The zero-order chi connectivity index (χ0) is 13.2. The van der Waals surface area contributed by atoms with Gasteiger partial charge in [0.2, 0.25) is 0 Å². The summed E-state index contributed by atoms with van der Waals surface area (Å²) in [5, 5.41) is 6.66. The van der Waals surface area contributed by atoms with Crippen LogP contribution in [0.25, 0.3) is 6.08 Å². The van der Waals surface area contributed by atoms with E-state index >= 15 is 0 Å². The molecule has 7 heteroatoms. The first-order chi connectivity index (χ1) is 9.20. The molecule has 0 atom stereocenters. The van der Waals surface area contributed by atoms with Gasteiger partial charge in [0.15, 0.2) is 0 Å². The monoisotopic (exact) mass is 291 g/mol. The number of thiocarbonyl (C=S) groups is 1. The van der Waals surface area contributed by atoms with Gasteiger partial charge in [-0.2, -0.15) is 5.10 Å². The van der Waals surface area contributed by atoms with Gasteiger partial charge < -0.3 is 9.73 Å². The maximum absolute atomic E-state index is 11.5. The third-order valence-electron chi connectivity index (χ3n) is 2.47. The van der Waals surface area contributed by atoms with Crippen LogP contribution in [0, 0.1) is 0 Å². The molecule has 3 rings (SSSR count). The number of carbonyl (C=O) groups is 1. The van der Waals surface area contributed by atoms with Gasteiger partial charge in [-0.15, -0.1) is 0 Å². The summed E-state index contributed by atoms with van der Waals surface area (Å²) >= 11 is 6.16. The Kier molecular flexibility index (Phi) is 3.22. The molecule has 1 N–H and O–H groups in total. The Bertz CT molecular complexity index is 658. The fraction of sp³-hybridized carbons (Fsp3) is 0.0833. The molecule has 2 aromatic heterocycles. The molecule has 96 valence electrons. The van der Waals surface area contributed by atoms with Gasteiger partial charge in [-0.25, -0.2) is 0 Å². The highest BCUT2D eigenvalue weighted by atomic mass is 32.2. The second kappa shape index (κ2) is 5.02. The second-order valence-corrected chi connectivity index (χ2v) is 5.58. The lowest BCUT2D eigenvalue weighted by Gasteiger charge is -1.96. The summed E-state index contributed by atoms with van der Waals surface area (Å²) in [5.41, 5.74) is 0. The lowest BCUT2D eigenvalue weighted by Crippen LogP contribution is -2.17. The summed E-state index contributed by atoms with van der Waals surface area (Å²) in [5.74, 6) is 1.23. The van der Waals surface area contributed by atoms with E-state index in [0.29, 0.717) is 21.5 Å². The maximum Gasteiger partial charge on any atom is 0.263 e. The molecule has 0 spiro atoms. The molecule has 19 heavy (non-hydrogen) atoms.